The van der Waals surface area contributed by atoms with Crippen molar-refractivity contribution in [1.82, 2.24) is 5.16 Å². The van der Waals surface area contributed by atoms with Gasteiger partial charge in [0, 0.05) is 23.3 Å². The quantitative estimate of drug-likeness (QED) is 0.780. The minimum atomic E-state index is 0.132. The van der Waals surface area contributed by atoms with E-state index in [2.05, 4.69) is 10.1 Å². The number of fused-ring (bicyclic) bond motifs is 1. The van der Waals surface area contributed by atoms with Gasteiger partial charge in [0.25, 0.3) is 0 Å². The van der Waals surface area contributed by atoms with Crippen molar-refractivity contribution in [2.75, 3.05) is 0 Å². The Bertz CT molecular complexity index is 691. The molecule has 0 bridgehead atoms. The number of rotatable bonds is 1. The van der Waals surface area contributed by atoms with Gasteiger partial charge in [-0.2, -0.15) is 0 Å². The topological polar surface area (TPSA) is 55.5 Å². The maximum atomic E-state index is 11.9. The Morgan fingerprint density at radius 1 is 1.21 bits per heavy atom. The van der Waals surface area contributed by atoms with Crippen LogP contribution in [0, 0.1) is 13.8 Å². The highest BCUT2D eigenvalue weighted by atomic mass is 16.5. The first-order chi connectivity index (χ1) is 9.06. The zero-order chi connectivity index (χ0) is 13.6. The normalized spacial score (nSPS) is 14.3. The summed E-state index contributed by atoms with van der Waals surface area (Å²) in [6.07, 6.45) is 0.414. The Kier molecular flexibility index (Phi) is 2.59. The first-order valence-electron chi connectivity index (χ1n) is 6.21. The molecule has 0 spiro atoms. The summed E-state index contributed by atoms with van der Waals surface area (Å²) in [6, 6.07) is 5.71. The minimum absolute atomic E-state index is 0.132. The van der Waals surface area contributed by atoms with Crippen molar-refractivity contribution >= 4 is 17.2 Å². The molecule has 1 aliphatic heterocycles. The molecule has 1 aromatic carbocycles. The van der Waals surface area contributed by atoms with Crippen LogP contribution in [0.25, 0.3) is 11.1 Å². The SMILES string of the molecule is CC1=Nc2cc(-c3c(C)noc3C)ccc2C(=O)C1. The Morgan fingerprint density at radius 2 is 2.00 bits per heavy atom. The van der Waals surface area contributed by atoms with Gasteiger partial charge in [0.15, 0.2) is 5.78 Å². The molecule has 0 saturated carbocycles. The third-order valence-electron chi connectivity index (χ3n) is 3.35. The van der Waals surface area contributed by atoms with Crippen LogP contribution in [0.5, 0.6) is 0 Å². The van der Waals surface area contributed by atoms with Gasteiger partial charge in [-0.05, 0) is 38.5 Å². The number of hydrogen-bond acceptors (Lipinski definition) is 4. The second-order valence-corrected chi connectivity index (χ2v) is 4.88. The molecule has 2 heterocycles. The summed E-state index contributed by atoms with van der Waals surface area (Å²) in [4.78, 5) is 16.4. The van der Waals surface area contributed by atoms with E-state index in [1.807, 2.05) is 39.0 Å². The highest BCUT2D eigenvalue weighted by Crippen LogP contribution is 2.33. The predicted octanol–water partition coefficient (Wildman–Crippen LogP) is 3.64. The molecular weight excluding hydrogens is 240 g/mol. The molecule has 4 nitrogen and oxygen atoms in total. The number of aromatic nitrogens is 1. The molecule has 0 aliphatic carbocycles. The molecule has 96 valence electrons. The van der Waals surface area contributed by atoms with Crippen molar-refractivity contribution in [3.05, 3.63) is 35.2 Å². The average molecular weight is 254 g/mol. The summed E-state index contributed by atoms with van der Waals surface area (Å²) in [5, 5.41) is 3.96. The fourth-order valence-corrected chi connectivity index (χ4v) is 2.48. The van der Waals surface area contributed by atoms with Crippen molar-refractivity contribution in [3.63, 3.8) is 0 Å². The van der Waals surface area contributed by atoms with Gasteiger partial charge in [-0.15, -0.1) is 0 Å². The standard InChI is InChI=1S/C15H14N2O2/c1-8-6-14(18)12-5-4-11(7-13(12)16-8)15-9(2)17-19-10(15)3/h4-5,7H,6H2,1-3H3. The fourth-order valence-electron chi connectivity index (χ4n) is 2.48. The Labute approximate surface area is 111 Å². The van der Waals surface area contributed by atoms with E-state index in [9.17, 15) is 4.79 Å². The number of carbonyl (C=O) groups excluding carboxylic acids is 1. The zero-order valence-electron chi connectivity index (χ0n) is 11.2. The molecule has 0 radical (unpaired) electrons. The first kappa shape index (κ1) is 11.8. The van der Waals surface area contributed by atoms with Crippen LogP contribution in [0.2, 0.25) is 0 Å². The third kappa shape index (κ3) is 1.89. The predicted molar refractivity (Wildman–Crippen MR) is 73.1 cm³/mol. The minimum Gasteiger partial charge on any atom is -0.361 e. The van der Waals surface area contributed by atoms with E-state index in [0.29, 0.717) is 12.0 Å². The van der Waals surface area contributed by atoms with Crippen LogP contribution >= 0.6 is 0 Å². The number of benzene rings is 1. The van der Waals surface area contributed by atoms with Gasteiger partial charge in [0.1, 0.15) is 5.76 Å². The Hall–Kier alpha value is -2.23. The molecule has 0 unspecified atom stereocenters. The summed E-state index contributed by atoms with van der Waals surface area (Å²) in [6.45, 7) is 5.67. The van der Waals surface area contributed by atoms with Gasteiger partial charge in [-0.25, -0.2) is 0 Å². The molecule has 0 saturated heterocycles. The maximum absolute atomic E-state index is 11.9. The molecule has 2 aromatic rings. The van der Waals surface area contributed by atoms with Crippen LogP contribution in [-0.4, -0.2) is 16.7 Å². The van der Waals surface area contributed by atoms with E-state index in [-0.39, 0.29) is 5.78 Å². The van der Waals surface area contributed by atoms with E-state index in [1.54, 1.807) is 0 Å². The van der Waals surface area contributed by atoms with E-state index in [1.165, 1.54) is 0 Å². The summed E-state index contributed by atoms with van der Waals surface area (Å²) in [5.41, 5.74) is 5.11. The Balaban J connectivity index is 2.18. The van der Waals surface area contributed by atoms with E-state index in [4.69, 9.17) is 4.52 Å². The molecule has 4 heteroatoms. The van der Waals surface area contributed by atoms with E-state index in [0.717, 1.165) is 34.0 Å². The molecule has 1 aliphatic rings. The molecule has 1 aromatic heterocycles. The number of aliphatic imine (C=N–C) groups is 1. The largest absolute Gasteiger partial charge is 0.361 e. The monoisotopic (exact) mass is 254 g/mol. The summed E-state index contributed by atoms with van der Waals surface area (Å²) in [7, 11) is 0. The number of ketones is 1. The number of hydrogen-bond donors (Lipinski definition) is 0. The Morgan fingerprint density at radius 3 is 2.68 bits per heavy atom. The number of aryl methyl sites for hydroxylation is 2. The fraction of sp³-hybridized carbons (Fsp3) is 0.267. The van der Waals surface area contributed by atoms with Gasteiger partial charge in [-0.3, -0.25) is 9.79 Å². The number of Topliss-reactive ketones (excluding diaryl/α,β-unsaturated/α-hetero) is 1. The first-order valence-corrected chi connectivity index (χ1v) is 6.21. The molecule has 19 heavy (non-hydrogen) atoms. The van der Waals surface area contributed by atoms with E-state index >= 15 is 0 Å². The zero-order valence-corrected chi connectivity index (χ0v) is 11.2. The van der Waals surface area contributed by atoms with Gasteiger partial charge < -0.3 is 4.52 Å². The molecule has 0 atom stereocenters. The van der Waals surface area contributed by atoms with Crippen molar-refractivity contribution in [2.24, 2.45) is 4.99 Å². The molecular formula is C15H14N2O2. The average Bonchev–Trinajstić information content (AvgIpc) is 2.68. The van der Waals surface area contributed by atoms with Gasteiger partial charge >= 0.3 is 0 Å². The van der Waals surface area contributed by atoms with Gasteiger partial charge in [0.2, 0.25) is 0 Å². The number of nitrogens with zero attached hydrogens (tertiary/aromatic N) is 2. The van der Waals surface area contributed by atoms with Crippen molar-refractivity contribution < 1.29 is 9.32 Å². The second kappa shape index (κ2) is 4.16. The van der Waals surface area contributed by atoms with Crippen molar-refractivity contribution in [1.29, 1.82) is 0 Å². The molecule has 0 N–H and O–H groups in total. The summed E-state index contributed by atoms with van der Waals surface area (Å²) in [5.74, 6) is 0.910. The van der Waals surface area contributed by atoms with Crippen molar-refractivity contribution in [2.45, 2.75) is 27.2 Å². The maximum Gasteiger partial charge on any atom is 0.170 e. The van der Waals surface area contributed by atoms with E-state index < -0.39 is 0 Å². The summed E-state index contributed by atoms with van der Waals surface area (Å²) >= 11 is 0. The molecule has 0 fully saturated rings. The molecule has 0 amide bonds. The van der Waals surface area contributed by atoms with Gasteiger partial charge in [0.05, 0.1) is 11.4 Å². The van der Waals surface area contributed by atoms with Crippen molar-refractivity contribution in [3.8, 4) is 11.1 Å². The lowest BCUT2D eigenvalue weighted by atomic mass is 9.96. The lowest BCUT2D eigenvalue weighted by molar-refractivity contribution is 0.0999. The van der Waals surface area contributed by atoms with Crippen LogP contribution < -0.4 is 0 Å². The molecule has 3 rings (SSSR count). The lowest BCUT2D eigenvalue weighted by Gasteiger charge is -2.13. The third-order valence-corrected chi connectivity index (χ3v) is 3.35. The van der Waals surface area contributed by atoms with Crippen LogP contribution in [0.4, 0.5) is 5.69 Å². The lowest BCUT2D eigenvalue weighted by Crippen LogP contribution is -2.10. The van der Waals surface area contributed by atoms with Crippen LogP contribution in [0.3, 0.4) is 0 Å². The summed E-state index contributed by atoms with van der Waals surface area (Å²) < 4.78 is 5.18. The smallest absolute Gasteiger partial charge is 0.170 e. The van der Waals surface area contributed by atoms with Crippen LogP contribution in [0.1, 0.15) is 35.2 Å². The number of carbonyl (C=O) groups is 1. The van der Waals surface area contributed by atoms with Crippen LogP contribution in [0.15, 0.2) is 27.7 Å². The van der Waals surface area contributed by atoms with Gasteiger partial charge in [-0.1, -0.05) is 11.2 Å². The second-order valence-electron chi connectivity index (χ2n) is 4.88. The highest BCUT2D eigenvalue weighted by molar-refractivity contribution is 6.15. The van der Waals surface area contributed by atoms with Crippen LogP contribution in [-0.2, 0) is 0 Å². The highest BCUT2D eigenvalue weighted by Gasteiger charge is 2.19.